The zero-order valence-electron chi connectivity index (χ0n) is 12.3. The lowest BCUT2D eigenvalue weighted by atomic mass is 10.1. The molecule has 0 unspecified atom stereocenters. The van der Waals surface area contributed by atoms with E-state index in [-0.39, 0.29) is 12.0 Å². The monoisotopic (exact) mass is 366 g/mol. The molecule has 0 amide bonds. The molecular weight excluding hydrogens is 356 g/mol. The predicted octanol–water partition coefficient (Wildman–Crippen LogP) is 2.19. The van der Waals surface area contributed by atoms with Crippen molar-refractivity contribution >= 4 is 27.9 Å². The minimum atomic E-state index is -6.17. The Kier molecular flexibility index (Phi) is 5.57. The molecule has 1 aromatic rings. The minimum Gasteiger partial charge on any atom is -0.377 e. The van der Waals surface area contributed by atoms with Gasteiger partial charge in [0.25, 0.3) is 0 Å². The van der Waals surface area contributed by atoms with Crippen molar-refractivity contribution in [1.82, 2.24) is 0 Å². The van der Waals surface area contributed by atoms with Gasteiger partial charge in [0.1, 0.15) is 17.5 Å². The third-order valence-corrected chi connectivity index (χ3v) is 3.60. The Hall–Kier alpha value is -2.61. The largest absolute Gasteiger partial charge is 0.534 e. The van der Waals surface area contributed by atoms with Gasteiger partial charge in [0.2, 0.25) is 0 Å². The second-order valence-electron chi connectivity index (χ2n) is 4.51. The Balaban J connectivity index is 3.73. The van der Waals surface area contributed by atoms with Crippen LogP contribution in [0.25, 0.3) is 5.76 Å². The smallest absolute Gasteiger partial charge is 0.377 e. The molecule has 0 fully saturated rings. The van der Waals surface area contributed by atoms with Crippen LogP contribution in [0.1, 0.15) is 5.56 Å². The van der Waals surface area contributed by atoms with E-state index in [4.69, 9.17) is 5.26 Å². The number of allylic oxidation sites excluding steroid dienone is 1. The number of hydrogen-bond donors (Lipinski definition) is 0. The fourth-order valence-corrected chi connectivity index (χ4v) is 2.10. The van der Waals surface area contributed by atoms with Crippen LogP contribution in [0.4, 0.5) is 23.2 Å². The molecule has 6 nitrogen and oxygen atoms in total. The van der Waals surface area contributed by atoms with E-state index in [0.29, 0.717) is 6.07 Å². The van der Waals surface area contributed by atoms with Crippen molar-refractivity contribution in [3.63, 3.8) is 0 Å². The van der Waals surface area contributed by atoms with Gasteiger partial charge in [-0.1, -0.05) is 0 Å². The average Bonchev–Trinajstić information content (AvgIpc) is 2.45. The number of halogens is 4. The molecule has 24 heavy (non-hydrogen) atoms. The third-order valence-electron chi connectivity index (χ3n) is 2.64. The van der Waals surface area contributed by atoms with Crippen LogP contribution in [-0.2, 0) is 19.1 Å². The molecule has 0 spiro atoms. The van der Waals surface area contributed by atoms with Gasteiger partial charge in [0.05, 0.1) is 0 Å². The molecule has 1 rings (SSSR count). The Labute approximate surface area is 134 Å². The zero-order valence-corrected chi connectivity index (χ0v) is 13.1. The predicted molar refractivity (Wildman–Crippen MR) is 75.4 cm³/mol. The van der Waals surface area contributed by atoms with Gasteiger partial charge in [-0.3, -0.25) is 4.79 Å². The third kappa shape index (κ3) is 4.02. The lowest BCUT2D eigenvalue weighted by Crippen LogP contribution is -2.26. The van der Waals surface area contributed by atoms with E-state index >= 15 is 0 Å². The molecule has 0 atom stereocenters. The number of benzene rings is 1. The molecule has 130 valence electrons. The van der Waals surface area contributed by atoms with E-state index in [2.05, 4.69) is 4.18 Å². The molecule has 0 aromatic heterocycles. The average molecular weight is 366 g/mol. The van der Waals surface area contributed by atoms with Crippen molar-refractivity contribution in [2.75, 3.05) is 19.0 Å². The summed E-state index contributed by atoms with van der Waals surface area (Å²) in [7, 11) is -3.31. The number of alkyl halides is 3. The van der Waals surface area contributed by atoms with Crippen LogP contribution in [0.3, 0.4) is 0 Å². The van der Waals surface area contributed by atoms with E-state index in [1.54, 1.807) is 0 Å². The molecule has 0 aliphatic heterocycles. The number of aldehydes is 1. The Bertz CT molecular complexity index is 823. The SMILES string of the molecule is CN(C)c1ccc(F)cc1/C(OS(=O)(=O)C(F)(F)F)=C(/C#N)C=O. The molecule has 0 radical (unpaired) electrons. The summed E-state index contributed by atoms with van der Waals surface area (Å²) in [5.74, 6) is -2.16. The fourth-order valence-electron chi connectivity index (χ4n) is 1.60. The Morgan fingerprint density at radius 2 is 1.92 bits per heavy atom. The van der Waals surface area contributed by atoms with E-state index in [1.807, 2.05) is 0 Å². The summed E-state index contributed by atoms with van der Waals surface area (Å²) >= 11 is 0. The van der Waals surface area contributed by atoms with Gasteiger partial charge in [-0.05, 0) is 18.2 Å². The molecule has 0 saturated heterocycles. The molecule has 1 aromatic carbocycles. The molecule has 0 bridgehead atoms. The summed E-state index contributed by atoms with van der Waals surface area (Å²) in [5, 5.41) is 8.85. The van der Waals surface area contributed by atoms with Crippen molar-refractivity contribution in [3.05, 3.63) is 35.2 Å². The zero-order chi connectivity index (χ0) is 18.7. The van der Waals surface area contributed by atoms with Crippen molar-refractivity contribution in [1.29, 1.82) is 5.26 Å². The maximum atomic E-state index is 13.5. The van der Waals surface area contributed by atoms with Crippen molar-refractivity contribution in [2.45, 2.75) is 5.51 Å². The highest BCUT2D eigenvalue weighted by Crippen LogP contribution is 2.35. The maximum Gasteiger partial charge on any atom is 0.534 e. The topological polar surface area (TPSA) is 87.5 Å². The van der Waals surface area contributed by atoms with Gasteiger partial charge in [-0.2, -0.15) is 26.9 Å². The van der Waals surface area contributed by atoms with Crippen molar-refractivity contribution in [3.8, 4) is 6.07 Å². The first kappa shape index (κ1) is 19.4. The van der Waals surface area contributed by atoms with Crippen LogP contribution in [0, 0.1) is 17.1 Å². The van der Waals surface area contributed by atoms with Crippen LogP contribution >= 0.6 is 0 Å². The molecule has 0 aliphatic rings. The lowest BCUT2D eigenvalue weighted by molar-refractivity contribution is -0.104. The number of rotatable bonds is 5. The van der Waals surface area contributed by atoms with Crippen LogP contribution < -0.4 is 4.90 Å². The molecule has 0 heterocycles. The van der Waals surface area contributed by atoms with Crippen molar-refractivity contribution in [2.24, 2.45) is 0 Å². The highest BCUT2D eigenvalue weighted by molar-refractivity contribution is 7.87. The number of nitrogens with zero attached hydrogens (tertiary/aromatic N) is 2. The van der Waals surface area contributed by atoms with Crippen LogP contribution in [0.15, 0.2) is 23.8 Å². The minimum absolute atomic E-state index is 0.0263. The fraction of sp³-hybridized carbons (Fsp3) is 0.231. The Morgan fingerprint density at radius 1 is 1.33 bits per heavy atom. The molecule has 0 N–H and O–H groups in total. The second-order valence-corrected chi connectivity index (χ2v) is 6.05. The number of carbonyl (C=O) groups excluding carboxylic acids is 1. The lowest BCUT2D eigenvalue weighted by Gasteiger charge is -2.20. The summed E-state index contributed by atoms with van der Waals surface area (Å²) in [6.45, 7) is 0. The summed E-state index contributed by atoms with van der Waals surface area (Å²) in [6, 6.07) is 3.95. The molecule has 0 saturated carbocycles. The number of carbonyl (C=O) groups is 1. The van der Waals surface area contributed by atoms with Crippen LogP contribution in [0.5, 0.6) is 0 Å². The summed E-state index contributed by atoms with van der Waals surface area (Å²) in [4.78, 5) is 12.2. The second kappa shape index (κ2) is 6.88. The van der Waals surface area contributed by atoms with Gasteiger partial charge in [0.15, 0.2) is 12.0 Å². The van der Waals surface area contributed by atoms with Gasteiger partial charge in [-0.15, -0.1) is 0 Å². The standard InChI is InChI=1S/C13H10F4N2O4S/c1-19(2)11-4-3-9(14)5-10(11)12(8(6-18)7-20)23-24(21,22)13(15,16)17/h3-5,7H,1-2H3/b12-8+. The van der Waals surface area contributed by atoms with Crippen molar-refractivity contribution < 1.29 is 35.0 Å². The van der Waals surface area contributed by atoms with Gasteiger partial charge in [-0.25, -0.2) is 4.39 Å². The first-order valence-electron chi connectivity index (χ1n) is 6.02. The maximum absolute atomic E-state index is 13.5. The van der Waals surface area contributed by atoms with E-state index in [9.17, 15) is 30.8 Å². The van der Waals surface area contributed by atoms with Gasteiger partial charge < -0.3 is 9.08 Å². The van der Waals surface area contributed by atoms with Crippen LogP contribution in [-0.4, -0.2) is 34.3 Å². The van der Waals surface area contributed by atoms with E-state index in [1.165, 1.54) is 25.1 Å². The summed E-state index contributed by atoms with van der Waals surface area (Å²) < 4.78 is 77.5. The van der Waals surface area contributed by atoms with Gasteiger partial charge in [0, 0.05) is 25.3 Å². The van der Waals surface area contributed by atoms with Crippen LogP contribution in [0.2, 0.25) is 0 Å². The molecule has 0 aliphatic carbocycles. The number of anilines is 1. The van der Waals surface area contributed by atoms with E-state index < -0.39 is 38.3 Å². The molecule has 11 heteroatoms. The molecular formula is C13H10F4N2O4S. The van der Waals surface area contributed by atoms with Gasteiger partial charge >= 0.3 is 15.6 Å². The first-order valence-corrected chi connectivity index (χ1v) is 7.43. The summed E-state index contributed by atoms with van der Waals surface area (Å²) in [6.07, 6.45) is -0.189. The first-order chi connectivity index (χ1) is 10.9. The normalized spacial score (nSPS) is 12.9. The Morgan fingerprint density at radius 3 is 2.33 bits per heavy atom. The highest BCUT2D eigenvalue weighted by atomic mass is 32.2. The highest BCUT2D eigenvalue weighted by Gasteiger charge is 2.49. The number of hydrogen-bond acceptors (Lipinski definition) is 6. The quantitative estimate of drug-likeness (QED) is 0.151. The number of nitriles is 1. The van der Waals surface area contributed by atoms with E-state index in [0.717, 1.165) is 12.1 Å². The summed E-state index contributed by atoms with van der Waals surface area (Å²) in [5.41, 5.74) is -7.32.